The van der Waals surface area contributed by atoms with Gasteiger partial charge in [0, 0.05) is 23.8 Å². The third kappa shape index (κ3) is 4.63. The van der Waals surface area contributed by atoms with Gasteiger partial charge in [-0.15, -0.1) is 11.8 Å². The van der Waals surface area contributed by atoms with Crippen molar-refractivity contribution in [2.45, 2.75) is 24.4 Å². The molecular weight excluding hydrogens is 430 g/mol. The SMILES string of the molecule is CC(=O)OCC1=C(C(=O)O)N2C(=O)[C@@H](NC(=O)C(OC(N)=O)c3ccccc3)[C@H]2SC1. The minimum Gasteiger partial charge on any atom is -0.477 e. The van der Waals surface area contributed by atoms with Gasteiger partial charge in [-0.2, -0.15) is 0 Å². The minimum absolute atomic E-state index is 0.190. The number of hydrogen-bond acceptors (Lipinski definition) is 8. The molecule has 3 atom stereocenters. The number of nitrogens with one attached hydrogen (secondary N) is 1. The number of carboxylic acids is 1. The Hall–Kier alpha value is -3.54. The maximum absolute atomic E-state index is 12.7. The molecule has 3 rings (SSSR count). The topological polar surface area (TPSA) is 165 Å². The van der Waals surface area contributed by atoms with Crippen LogP contribution in [0.2, 0.25) is 0 Å². The molecular formula is C19H19N3O8S. The molecule has 1 aromatic carbocycles. The molecule has 12 heteroatoms. The Morgan fingerprint density at radius 3 is 2.55 bits per heavy atom. The number of fused-ring (bicyclic) bond motifs is 1. The molecule has 1 fully saturated rings. The zero-order chi connectivity index (χ0) is 22.7. The molecule has 2 aliphatic rings. The van der Waals surface area contributed by atoms with Gasteiger partial charge in [-0.25, -0.2) is 9.59 Å². The first kappa shape index (κ1) is 22.2. The van der Waals surface area contributed by atoms with E-state index in [0.29, 0.717) is 5.56 Å². The van der Waals surface area contributed by atoms with E-state index in [0.717, 1.165) is 4.90 Å². The summed E-state index contributed by atoms with van der Waals surface area (Å²) in [6.45, 7) is 0.942. The average Bonchev–Trinajstić information content (AvgIpc) is 2.73. The van der Waals surface area contributed by atoms with Crippen molar-refractivity contribution < 1.29 is 38.6 Å². The van der Waals surface area contributed by atoms with Crippen molar-refractivity contribution >= 4 is 41.6 Å². The van der Waals surface area contributed by atoms with Crippen molar-refractivity contribution in [1.29, 1.82) is 0 Å². The second kappa shape index (κ2) is 9.08. The number of benzene rings is 1. The van der Waals surface area contributed by atoms with E-state index >= 15 is 0 Å². The lowest BCUT2D eigenvalue weighted by molar-refractivity contribution is -0.152. The van der Waals surface area contributed by atoms with E-state index in [1.54, 1.807) is 30.3 Å². The molecule has 0 aromatic heterocycles. The fourth-order valence-corrected chi connectivity index (χ4v) is 4.56. The number of carbonyl (C=O) groups excluding carboxylic acids is 4. The molecule has 2 heterocycles. The van der Waals surface area contributed by atoms with Gasteiger partial charge in [0.25, 0.3) is 11.8 Å². The summed E-state index contributed by atoms with van der Waals surface area (Å²) in [5.41, 5.74) is 5.43. The Labute approximate surface area is 180 Å². The lowest BCUT2D eigenvalue weighted by Gasteiger charge is -2.49. The molecule has 4 N–H and O–H groups in total. The fraction of sp³-hybridized carbons (Fsp3) is 0.316. The Bertz CT molecular complexity index is 964. The lowest BCUT2D eigenvalue weighted by atomic mass is 10.0. The summed E-state index contributed by atoms with van der Waals surface area (Å²) in [6.07, 6.45) is -2.54. The standard InChI is InChI=1S/C19H19N3O8S/c1-9(23)29-7-11-8-31-17-12(16(25)22(17)13(11)18(26)27)21-15(24)14(30-19(20)28)10-5-3-2-4-6-10/h2-6,12,14,17H,7-8H2,1H3,(H2,20,28)(H,21,24)(H,26,27)/t12-,14?,17-/m1/s1. The zero-order valence-electron chi connectivity index (χ0n) is 16.3. The molecule has 0 saturated carbocycles. The number of thioether (sulfide) groups is 1. The normalized spacial score (nSPS) is 20.8. The average molecular weight is 449 g/mol. The Morgan fingerprint density at radius 1 is 1.29 bits per heavy atom. The second-order valence-corrected chi connectivity index (χ2v) is 7.77. The van der Waals surface area contributed by atoms with Crippen molar-refractivity contribution in [3.8, 4) is 0 Å². The van der Waals surface area contributed by atoms with Crippen LogP contribution in [-0.2, 0) is 28.7 Å². The Morgan fingerprint density at radius 2 is 1.97 bits per heavy atom. The van der Waals surface area contributed by atoms with E-state index in [-0.39, 0.29) is 23.6 Å². The van der Waals surface area contributed by atoms with Gasteiger partial charge in [0.05, 0.1) is 0 Å². The van der Waals surface area contributed by atoms with Crippen LogP contribution in [0.25, 0.3) is 0 Å². The van der Waals surface area contributed by atoms with Crippen molar-refractivity contribution in [3.63, 3.8) is 0 Å². The number of aliphatic carboxylic acids is 1. The number of carboxylic acid groups (broad SMARTS) is 1. The maximum Gasteiger partial charge on any atom is 0.405 e. The van der Waals surface area contributed by atoms with Crippen molar-refractivity contribution in [1.82, 2.24) is 10.2 Å². The van der Waals surface area contributed by atoms with Gasteiger partial charge in [-0.3, -0.25) is 19.3 Å². The summed E-state index contributed by atoms with van der Waals surface area (Å²) >= 11 is 1.21. The Balaban J connectivity index is 1.77. The third-order valence-corrected chi connectivity index (χ3v) is 5.91. The van der Waals surface area contributed by atoms with Gasteiger partial charge in [0.1, 0.15) is 23.7 Å². The third-order valence-electron chi connectivity index (χ3n) is 4.57. The number of nitrogens with zero attached hydrogens (tertiary/aromatic N) is 1. The van der Waals surface area contributed by atoms with E-state index in [1.165, 1.54) is 18.7 Å². The Kier molecular flexibility index (Phi) is 6.49. The van der Waals surface area contributed by atoms with Crippen molar-refractivity contribution in [3.05, 3.63) is 47.2 Å². The van der Waals surface area contributed by atoms with Crippen LogP contribution in [0.3, 0.4) is 0 Å². The van der Waals surface area contributed by atoms with Crippen LogP contribution in [0.1, 0.15) is 18.6 Å². The van der Waals surface area contributed by atoms with E-state index in [4.69, 9.17) is 15.2 Å². The molecule has 0 aliphatic carbocycles. The van der Waals surface area contributed by atoms with Gasteiger partial charge >= 0.3 is 18.0 Å². The number of amides is 3. The summed E-state index contributed by atoms with van der Waals surface area (Å²) in [6, 6.07) is 7.09. The summed E-state index contributed by atoms with van der Waals surface area (Å²) in [4.78, 5) is 60.5. The molecule has 31 heavy (non-hydrogen) atoms. The van der Waals surface area contributed by atoms with Crippen LogP contribution in [0.5, 0.6) is 0 Å². The predicted octanol–water partition coefficient (Wildman–Crippen LogP) is 0.125. The number of β-lactam (4-membered cyclic amide) rings is 1. The number of hydrogen-bond donors (Lipinski definition) is 3. The highest BCUT2D eigenvalue weighted by atomic mass is 32.2. The highest BCUT2D eigenvalue weighted by Gasteiger charge is 2.54. The van der Waals surface area contributed by atoms with Gasteiger partial charge in [-0.05, 0) is 0 Å². The lowest BCUT2D eigenvalue weighted by Crippen LogP contribution is -2.71. The first-order chi connectivity index (χ1) is 14.7. The molecule has 0 bridgehead atoms. The first-order valence-electron chi connectivity index (χ1n) is 9.05. The molecule has 0 radical (unpaired) electrons. The summed E-state index contributed by atoms with van der Waals surface area (Å²) in [5, 5.41) is 11.4. The number of nitrogens with two attached hydrogens (primary N) is 1. The fourth-order valence-electron chi connectivity index (χ4n) is 3.23. The smallest absolute Gasteiger partial charge is 0.405 e. The molecule has 1 unspecified atom stereocenters. The first-order valence-corrected chi connectivity index (χ1v) is 10.1. The predicted molar refractivity (Wildman–Crippen MR) is 106 cm³/mol. The molecule has 3 amide bonds. The van der Waals surface area contributed by atoms with Gasteiger partial charge < -0.3 is 25.6 Å². The maximum atomic E-state index is 12.7. The number of ether oxygens (including phenoxy) is 2. The number of esters is 1. The van der Waals surface area contributed by atoms with Crippen LogP contribution in [0, 0.1) is 0 Å². The molecule has 1 saturated heterocycles. The highest BCUT2D eigenvalue weighted by Crippen LogP contribution is 2.40. The number of carbonyl (C=O) groups is 5. The molecule has 0 spiro atoms. The van der Waals surface area contributed by atoms with Crippen molar-refractivity contribution in [2.75, 3.05) is 12.4 Å². The van der Waals surface area contributed by atoms with Gasteiger partial charge in [0.2, 0.25) is 6.10 Å². The second-order valence-electron chi connectivity index (χ2n) is 6.66. The zero-order valence-corrected chi connectivity index (χ0v) is 17.1. The monoisotopic (exact) mass is 449 g/mol. The summed E-state index contributed by atoms with van der Waals surface area (Å²) in [7, 11) is 0. The summed E-state index contributed by atoms with van der Waals surface area (Å²) < 4.78 is 9.78. The molecule has 164 valence electrons. The van der Waals surface area contributed by atoms with E-state index in [1.807, 2.05) is 0 Å². The van der Waals surface area contributed by atoms with Crippen LogP contribution >= 0.6 is 11.8 Å². The number of primary amides is 1. The minimum atomic E-state index is -1.37. The van der Waals surface area contributed by atoms with E-state index < -0.39 is 47.4 Å². The van der Waals surface area contributed by atoms with Crippen LogP contribution in [-0.4, -0.2) is 63.6 Å². The number of rotatable bonds is 7. The molecule has 1 aromatic rings. The summed E-state index contributed by atoms with van der Waals surface area (Å²) in [5.74, 6) is -3.14. The van der Waals surface area contributed by atoms with Gasteiger partial charge in [0.15, 0.2) is 0 Å². The van der Waals surface area contributed by atoms with Crippen LogP contribution in [0.4, 0.5) is 4.79 Å². The van der Waals surface area contributed by atoms with E-state index in [9.17, 15) is 29.1 Å². The molecule has 11 nitrogen and oxygen atoms in total. The van der Waals surface area contributed by atoms with Crippen LogP contribution in [0.15, 0.2) is 41.6 Å². The largest absolute Gasteiger partial charge is 0.477 e. The highest BCUT2D eigenvalue weighted by molar-refractivity contribution is 8.00. The van der Waals surface area contributed by atoms with Crippen molar-refractivity contribution in [2.24, 2.45) is 5.73 Å². The van der Waals surface area contributed by atoms with Gasteiger partial charge in [-0.1, -0.05) is 30.3 Å². The van der Waals surface area contributed by atoms with Crippen LogP contribution < -0.4 is 11.1 Å². The molecule has 2 aliphatic heterocycles. The quantitative estimate of drug-likeness (QED) is 0.387. The van der Waals surface area contributed by atoms with E-state index in [2.05, 4.69) is 5.32 Å².